The van der Waals surface area contributed by atoms with E-state index in [1.807, 2.05) is 36.4 Å². The molecule has 1 heterocycles. The van der Waals surface area contributed by atoms with Crippen LogP contribution < -0.4 is 10.1 Å². The molecule has 0 aliphatic rings. The fraction of sp³-hybridized carbons (Fsp3) is 0.286. The minimum atomic E-state index is 0.151. The summed E-state index contributed by atoms with van der Waals surface area (Å²) in [6, 6.07) is 11.5. The number of halogens is 2. The van der Waals surface area contributed by atoms with Crippen LogP contribution in [0.5, 0.6) is 5.75 Å². The molecule has 0 saturated heterocycles. The van der Waals surface area contributed by atoms with Crippen molar-refractivity contribution in [1.82, 2.24) is 5.32 Å². The first-order chi connectivity index (χ1) is 9.19. The van der Waals surface area contributed by atoms with Gasteiger partial charge in [0, 0.05) is 9.90 Å². The number of hydrogen-bond acceptors (Lipinski definition) is 3. The lowest BCUT2D eigenvalue weighted by molar-refractivity contribution is 0.270. The smallest absolute Gasteiger partial charge is 0.119 e. The van der Waals surface area contributed by atoms with E-state index >= 15 is 0 Å². The third-order valence-corrected chi connectivity index (χ3v) is 4.22. The van der Waals surface area contributed by atoms with Crippen LogP contribution in [0.4, 0.5) is 0 Å². The molecule has 0 saturated carbocycles. The third kappa shape index (κ3) is 4.39. The maximum absolute atomic E-state index is 5.97. The van der Waals surface area contributed by atoms with Crippen LogP contribution in [0.25, 0.3) is 0 Å². The van der Waals surface area contributed by atoms with Gasteiger partial charge in [-0.1, -0.05) is 30.1 Å². The zero-order valence-corrected chi connectivity index (χ0v) is 12.9. The van der Waals surface area contributed by atoms with Crippen LogP contribution in [0, 0.1) is 0 Å². The monoisotopic (exact) mass is 315 g/mol. The Morgan fingerprint density at radius 2 is 1.89 bits per heavy atom. The number of nitrogens with one attached hydrogen (secondary N) is 1. The van der Waals surface area contributed by atoms with Crippen molar-refractivity contribution in [3.63, 3.8) is 0 Å². The number of benzene rings is 1. The van der Waals surface area contributed by atoms with Crippen LogP contribution >= 0.6 is 34.5 Å². The van der Waals surface area contributed by atoms with Crippen LogP contribution in [-0.4, -0.2) is 13.2 Å². The van der Waals surface area contributed by atoms with Gasteiger partial charge in [-0.3, -0.25) is 0 Å². The minimum absolute atomic E-state index is 0.151. The van der Waals surface area contributed by atoms with Crippen LogP contribution in [-0.2, 0) is 0 Å². The van der Waals surface area contributed by atoms with Gasteiger partial charge in [-0.2, -0.15) is 0 Å². The fourth-order valence-electron chi connectivity index (χ4n) is 1.71. The van der Waals surface area contributed by atoms with E-state index in [1.54, 1.807) is 11.3 Å². The molecule has 19 heavy (non-hydrogen) atoms. The van der Waals surface area contributed by atoms with Crippen molar-refractivity contribution < 1.29 is 4.74 Å². The summed E-state index contributed by atoms with van der Waals surface area (Å²) in [4.78, 5) is 1.18. The fourth-order valence-corrected chi connectivity index (χ4v) is 2.96. The van der Waals surface area contributed by atoms with Gasteiger partial charge in [-0.05, 0) is 42.9 Å². The molecule has 0 spiro atoms. The van der Waals surface area contributed by atoms with Crippen molar-refractivity contribution in [1.29, 1.82) is 0 Å². The zero-order valence-electron chi connectivity index (χ0n) is 10.5. The highest BCUT2D eigenvalue weighted by Gasteiger charge is 2.13. The van der Waals surface area contributed by atoms with Crippen LogP contribution in [0.2, 0.25) is 9.36 Å². The Bertz CT molecular complexity index is 512. The van der Waals surface area contributed by atoms with Crippen molar-refractivity contribution in [2.24, 2.45) is 0 Å². The molecule has 1 aromatic carbocycles. The van der Waals surface area contributed by atoms with E-state index in [0.717, 1.165) is 16.6 Å². The summed E-state index contributed by atoms with van der Waals surface area (Å²) >= 11 is 13.4. The first-order valence-corrected chi connectivity index (χ1v) is 7.63. The van der Waals surface area contributed by atoms with Crippen molar-refractivity contribution in [2.75, 3.05) is 13.2 Å². The lowest BCUT2D eigenvalue weighted by atomic mass is 10.2. The Labute approximate surface area is 127 Å². The molecule has 2 nitrogen and oxygen atoms in total. The number of likely N-dealkylation sites (N-methyl/N-ethyl adjacent to an activating group) is 1. The van der Waals surface area contributed by atoms with E-state index in [-0.39, 0.29) is 6.04 Å². The van der Waals surface area contributed by atoms with E-state index in [0.29, 0.717) is 11.6 Å². The first-order valence-electron chi connectivity index (χ1n) is 6.06. The van der Waals surface area contributed by atoms with Crippen molar-refractivity contribution in [3.05, 3.63) is 50.6 Å². The van der Waals surface area contributed by atoms with Crippen LogP contribution in [0.15, 0.2) is 36.4 Å². The van der Waals surface area contributed by atoms with Gasteiger partial charge >= 0.3 is 0 Å². The zero-order chi connectivity index (χ0) is 13.7. The Hall–Kier alpha value is -0.740. The average Bonchev–Trinajstić information content (AvgIpc) is 2.83. The highest BCUT2D eigenvalue weighted by molar-refractivity contribution is 7.16. The SMILES string of the molecule is CCNC(COc1ccc(Cl)cc1)c1ccc(Cl)s1. The largest absolute Gasteiger partial charge is 0.492 e. The normalized spacial score (nSPS) is 12.4. The van der Waals surface area contributed by atoms with Gasteiger partial charge in [0.1, 0.15) is 12.4 Å². The molecule has 0 amide bonds. The van der Waals surface area contributed by atoms with Gasteiger partial charge in [0.2, 0.25) is 0 Å². The Kier molecular flexibility index (Phi) is 5.52. The molecule has 0 aliphatic heterocycles. The molecular formula is C14H15Cl2NOS. The Morgan fingerprint density at radius 1 is 1.16 bits per heavy atom. The van der Waals surface area contributed by atoms with Crippen molar-refractivity contribution >= 4 is 34.5 Å². The number of rotatable bonds is 6. The van der Waals surface area contributed by atoms with Crippen LogP contribution in [0.1, 0.15) is 17.8 Å². The summed E-state index contributed by atoms with van der Waals surface area (Å²) < 4.78 is 6.58. The molecule has 2 rings (SSSR count). The summed E-state index contributed by atoms with van der Waals surface area (Å²) in [5.74, 6) is 0.815. The molecule has 0 aliphatic carbocycles. The van der Waals surface area contributed by atoms with Gasteiger partial charge in [-0.25, -0.2) is 0 Å². The Balaban J connectivity index is 1.99. The first kappa shape index (κ1) is 14.7. The van der Waals surface area contributed by atoms with Gasteiger partial charge < -0.3 is 10.1 Å². The molecule has 2 aromatic rings. The Morgan fingerprint density at radius 3 is 2.47 bits per heavy atom. The maximum atomic E-state index is 5.97. The quantitative estimate of drug-likeness (QED) is 0.828. The molecule has 1 N–H and O–H groups in total. The molecule has 0 fully saturated rings. The van der Waals surface area contributed by atoms with E-state index in [4.69, 9.17) is 27.9 Å². The van der Waals surface area contributed by atoms with Gasteiger partial charge in [0.15, 0.2) is 0 Å². The molecule has 102 valence electrons. The average molecular weight is 316 g/mol. The third-order valence-electron chi connectivity index (χ3n) is 2.62. The van der Waals surface area contributed by atoms with Crippen molar-refractivity contribution in [2.45, 2.75) is 13.0 Å². The van der Waals surface area contributed by atoms with Gasteiger partial charge in [0.05, 0.1) is 10.4 Å². The van der Waals surface area contributed by atoms with E-state index in [2.05, 4.69) is 12.2 Å². The standard InChI is InChI=1S/C14H15Cl2NOS/c1-2-17-12(13-7-8-14(16)19-13)9-18-11-5-3-10(15)4-6-11/h3-8,12,17H,2,9H2,1H3. The highest BCUT2D eigenvalue weighted by atomic mass is 35.5. The molecule has 1 unspecified atom stereocenters. The second kappa shape index (κ2) is 7.15. The van der Waals surface area contributed by atoms with Gasteiger partial charge in [-0.15, -0.1) is 11.3 Å². The molecule has 1 aromatic heterocycles. The highest BCUT2D eigenvalue weighted by Crippen LogP contribution is 2.27. The second-order valence-electron chi connectivity index (χ2n) is 4.02. The van der Waals surface area contributed by atoms with E-state index < -0.39 is 0 Å². The minimum Gasteiger partial charge on any atom is -0.492 e. The lowest BCUT2D eigenvalue weighted by Gasteiger charge is -2.17. The summed E-state index contributed by atoms with van der Waals surface area (Å²) in [7, 11) is 0. The maximum Gasteiger partial charge on any atom is 0.119 e. The topological polar surface area (TPSA) is 21.3 Å². The van der Waals surface area contributed by atoms with Crippen molar-refractivity contribution in [3.8, 4) is 5.75 Å². The predicted octanol–water partition coefficient (Wildman–Crippen LogP) is 4.78. The lowest BCUT2D eigenvalue weighted by Crippen LogP contribution is -2.25. The number of hydrogen-bond donors (Lipinski definition) is 1. The second-order valence-corrected chi connectivity index (χ2v) is 6.20. The van der Waals surface area contributed by atoms with E-state index in [1.165, 1.54) is 4.88 Å². The number of ether oxygens (including phenoxy) is 1. The van der Waals surface area contributed by atoms with E-state index in [9.17, 15) is 0 Å². The number of thiophene rings is 1. The summed E-state index contributed by atoms with van der Waals surface area (Å²) in [6.45, 7) is 3.51. The molecular weight excluding hydrogens is 301 g/mol. The molecule has 1 atom stereocenters. The molecule has 0 radical (unpaired) electrons. The summed E-state index contributed by atoms with van der Waals surface area (Å²) in [5, 5.41) is 4.10. The van der Waals surface area contributed by atoms with Crippen LogP contribution in [0.3, 0.4) is 0 Å². The summed E-state index contributed by atoms with van der Waals surface area (Å²) in [6.07, 6.45) is 0. The predicted molar refractivity (Wildman–Crippen MR) is 82.7 cm³/mol. The molecule has 5 heteroatoms. The molecule has 0 bridgehead atoms. The van der Waals surface area contributed by atoms with Gasteiger partial charge in [0.25, 0.3) is 0 Å². The summed E-state index contributed by atoms with van der Waals surface area (Å²) in [5.41, 5.74) is 0.